The van der Waals surface area contributed by atoms with E-state index in [4.69, 9.17) is 11.6 Å². The number of alkyl halides is 3. The molecule has 0 aliphatic carbocycles. The summed E-state index contributed by atoms with van der Waals surface area (Å²) in [5.74, 6) is -0.727. The van der Waals surface area contributed by atoms with Crippen molar-refractivity contribution < 1.29 is 23.4 Å². The van der Waals surface area contributed by atoms with Gasteiger partial charge in [-0.05, 0) is 18.2 Å². The lowest BCUT2D eigenvalue weighted by molar-refractivity contribution is -0.136. The Morgan fingerprint density at radius 2 is 1.71 bits per heavy atom. The van der Waals surface area contributed by atoms with Crippen LogP contribution in [0.15, 0.2) is 36.4 Å². The molecular weight excluding hydrogens is 307 g/mol. The van der Waals surface area contributed by atoms with Crippen LogP contribution < -0.4 is 5.32 Å². The van der Waals surface area contributed by atoms with Gasteiger partial charge in [0, 0.05) is 12.1 Å². The molecule has 0 spiro atoms. The molecule has 2 aromatic rings. The summed E-state index contributed by atoms with van der Waals surface area (Å²) in [6.45, 7) is -0.118. The molecule has 0 aliphatic rings. The summed E-state index contributed by atoms with van der Waals surface area (Å²) in [5.41, 5.74) is -0.910. The van der Waals surface area contributed by atoms with E-state index >= 15 is 0 Å². The number of halogens is 4. The zero-order chi connectivity index (χ0) is 15.6. The Morgan fingerprint density at radius 1 is 1.05 bits per heavy atom. The molecule has 3 N–H and O–H groups in total. The van der Waals surface area contributed by atoms with Gasteiger partial charge in [-0.25, -0.2) is 0 Å². The van der Waals surface area contributed by atoms with Gasteiger partial charge in [0.05, 0.1) is 16.3 Å². The summed E-state index contributed by atoms with van der Waals surface area (Å²) in [6.07, 6.45) is -4.55. The van der Waals surface area contributed by atoms with Crippen LogP contribution >= 0.6 is 11.6 Å². The Bertz CT molecular complexity index is 659. The average molecular weight is 318 g/mol. The summed E-state index contributed by atoms with van der Waals surface area (Å²) in [4.78, 5) is 0. The Labute approximate surface area is 123 Å². The van der Waals surface area contributed by atoms with Crippen LogP contribution in [0.1, 0.15) is 11.1 Å². The first-order chi connectivity index (χ1) is 9.80. The van der Waals surface area contributed by atoms with Crippen molar-refractivity contribution in [3.8, 4) is 11.5 Å². The molecule has 0 atom stereocenters. The largest absolute Gasteiger partial charge is 0.504 e. The highest BCUT2D eigenvalue weighted by Gasteiger charge is 2.34. The lowest BCUT2D eigenvalue weighted by atomic mass is 10.1. The van der Waals surface area contributed by atoms with Gasteiger partial charge in [-0.3, -0.25) is 0 Å². The molecular formula is C14H11ClF3NO2. The number of benzene rings is 2. The molecule has 2 aromatic carbocycles. The van der Waals surface area contributed by atoms with Crippen LogP contribution in [-0.4, -0.2) is 10.2 Å². The first kappa shape index (κ1) is 15.3. The molecule has 0 radical (unpaired) electrons. The second-order valence-electron chi connectivity index (χ2n) is 4.30. The molecule has 0 fully saturated rings. The van der Waals surface area contributed by atoms with Crippen LogP contribution in [-0.2, 0) is 12.7 Å². The highest BCUT2D eigenvalue weighted by Crippen LogP contribution is 2.39. The predicted octanol–water partition coefficient (Wildman–Crippen LogP) is 4.38. The molecule has 112 valence electrons. The maximum absolute atomic E-state index is 12.9. The van der Waals surface area contributed by atoms with Gasteiger partial charge in [0.25, 0.3) is 0 Å². The Kier molecular flexibility index (Phi) is 4.18. The molecule has 0 bridgehead atoms. The molecule has 3 nitrogen and oxygen atoms in total. The number of para-hydroxylation sites is 2. The molecule has 0 saturated carbocycles. The third-order valence-corrected chi connectivity index (χ3v) is 3.19. The van der Waals surface area contributed by atoms with Crippen LogP contribution in [0.4, 0.5) is 18.9 Å². The number of hydrogen-bond acceptors (Lipinski definition) is 3. The van der Waals surface area contributed by atoms with Crippen LogP contribution in [0.5, 0.6) is 11.5 Å². The van der Waals surface area contributed by atoms with E-state index in [2.05, 4.69) is 5.32 Å². The highest BCUT2D eigenvalue weighted by molar-refractivity contribution is 6.33. The molecule has 0 aliphatic heterocycles. The van der Waals surface area contributed by atoms with Crippen molar-refractivity contribution in [3.05, 3.63) is 52.5 Å². The number of phenolic OH excluding ortho intramolecular Hbond substituents is 2. The maximum atomic E-state index is 12.9. The summed E-state index contributed by atoms with van der Waals surface area (Å²) in [6, 6.07) is 7.69. The highest BCUT2D eigenvalue weighted by atomic mass is 35.5. The van der Waals surface area contributed by atoms with E-state index in [-0.39, 0.29) is 34.3 Å². The Balaban J connectivity index is 2.30. The van der Waals surface area contributed by atoms with Crippen molar-refractivity contribution in [2.24, 2.45) is 0 Å². The molecule has 0 saturated heterocycles. The van der Waals surface area contributed by atoms with Gasteiger partial charge < -0.3 is 15.5 Å². The minimum absolute atomic E-state index is 0.0792. The second kappa shape index (κ2) is 5.73. The van der Waals surface area contributed by atoms with Gasteiger partial charge in [-0.2, -0.15) is 13.2 Å². The van der Waals surface area contributed by atoms with E-state index in [0.717, 1.165) is 6.07 Å². The summed E-state index contributed by atoms with van der Waals surface area (Å²) >= 11 is 5.80. The van der Waals surface area contributed by atoms with Crippen molar-refractivity contribution in [2.45, 2.75) is 12.7 Å². The molecule has 0 aromatic heterocycles. The van der Waals surface area contributed by atoms with Crippen LogP contribution in [0, 0.1) is 0 Å². The van der Waals surface area contributed by atoms with Crippen molar-refractivity contribution in [1.82, 2.24) is 0 Å². The van der Waals surface area contributed by atoms with E-state index in [1.165, 1.54) is 30.3 Å². The van der Waals surface area contributed by atoms with Crippen LogP contribution in [0.25, 0.3) is 0 Å². The molecule has 21 heavy (non-hydrogen) atoms. The number of nitrogens with one attached hydrogen (secondary N) is 1. The first-order valence-corrected chi connectivity index (χ1v) is 6.28. The third kappa shape index (κ3) is 3.33. The smallest absolute Gasteiger partial charge is 0.418 e. The third-order valence-electron chi connectivity index (χ3n) is 2.87. The van der Waals surface area contributed by atoms with Crippen molar-refractivity contribution in [3.63, 3.8) is 0 Å². The normalized spacial score (nSPS) is 11.4. The fraction of sp³-hybridized carbons (Fsp3) is 0.143. The maximum Gasteiger partial charge on any atom is 0.418 e. The fourth-order valence-electron chi connectivity index (χ4n) is 1.84. The average Bonchev–Trinajstić information content (AvgIpc) is 2.40. The van der Waals surface area contributed by atoms with Crippen molar-refractivity contribution in [2.75, 3.05) is 5.32 Å². The van der Waals surface area contributed by atoms with E-state index in [9.17, 15) is 23.4 Å². The number of aromatic hydroxyl groups is 2. The SMILES string of the molecule is Oc1cccc(CNc2c(Cl)cccc2C(F)(F)F)c1O. The summed E-state index contributed by atoms with van der Waals surface area (Å²) in [7, 11) is 0. The topological polar surface area (TPSA) is 52.5 Å². The van der Waals surface area contributed by atoms with Gasteiger partial charge in [0.1, 0.15) is 0 Å². The number of anilines is 1. The Morgan fingerprint density at radius 3 is 2.38 bits per heavy atom. The van der Waals surface area contributed by atoms with Crippen LogP contribution in [0.3, 0.4) is 0 Å². The minimum atomic E-state index is -4.55. The van der Waals surface area contributed by atoms with Gasteiger partial charge in [0.15, 0.2) is 11.5 Å². The van der Waals surface area contributed by atoms with Crippen LogP contribution in [0.2, 0.25) is 5.02 Å². The zero-order valence-electron chi connectivity index (χ0n) is 10.6. The van der Waals surface area contributed by atoms with Gasteiger partial charge in [0.2, 0.25) is 0 Å². The summed E-state index contributed by atoms with van der Waals surface area (Å²) in [5, 5.41) is 21.5. The lowest BCUT2D eigenvalue weighted by Gasteiger charge is -2.16. The van der Waals surface area contributed by atoms with E-state index in [1.807, 2.05) is 0 Å². The predicted molar refractivity (Wildman–Crippen MR) is 73.6 cm³/mol. The first-order valence-electron chi connectivity index (χ1n) is 5.90. The van der Waals surface area contributed by atoms with E-state index in [1.54, 1.807) is 0 Å². The quantitative estimate of drug-likeness (QED) is 0.736. The molecule has 0 amide bonds. The van der Waals surface area contributed by atoms with E-state index < -0.39 is 11.7 Å². The number of rotatable bonds is 3. The molecule has 0 heterocycles. The van der Waals surface area contributed by atoms with Gasteiger partial charge in [-0.15, -0.1) is 0 Å². The monoisotopic (exact) mass is 317 g/mol. The summed E-state index contributed by atoms with van der Waals surface area (Å²) < 4.78 is 38.7. The fourth-order valence-corrected chi connectivity index (χ4v) is 2.09. The van der Waals surface area contributed by atoms with E-state index in [0.29, 0.717) is 0 Å². The van der Waals surface area contributed by atoms with Gasteiger partial charge >= 0.3 is 6.18 Å². The molecule has 2 rings (SSSR count). The second-order valence-corrected chi connectivity index (χ2v) is 4.71. The Hall–Kier alpha value is -2.08. The molecule has 7 heteroatoms. The number of phenols is 2. The zero-order valence-corrected chi connectivity index (χ0v) is 11.3. The van der Waals surface area contributed by atoms with Crippen molar-refractivity contribution in [1.29, 1.82) is 0 Å². The standard InChI is InChI=1S/C14H11ClF3NO2/c15-10-5-2-4-9(14(16,17)18)12(10)19-7-8-3-1-6-11(20)13(8)21/h1-6,19-21H,7H2. The van der Waals surface area contributed by atoms with Crippen molar-refractivity contribution >= 4 is 17.3 Å². The molecule has 0 unspecified atom stereocenters. The lowest BCUT2D eigenvalue weighted by Crippen LogP contribution is -2.11. The van der Waals surface area contributed by atoms with Gasteiger partial charge in [-0.1, -0.05) is 29.8 Å². The number of hydrogen-bond donors (Lipinski definition) is 3. The minimum Gasteiger partial charge on any atom is -0.504 e.